The molecule has 2 rings (SSSR count). The van der Waals surface area contributed by atoms with Crippen LogP contribution in [0.4, 0.5) is 0 Å². The number of nitriles is 1. The Labute approximate surface area is 157 Å². The van der Waals surface area contributed by atoms with Crippen LogP contribution in [0.15, 0.2) is 54.4 Å². The Kier molecular flexibility index (Phi) is 7.54. The lowest BCUT2D eigenvalue weighted by atomic mass is 10.1. The van der Waals surface area contributed by atoms with Crippen LogP contribution in [0.2, 0.25) is 0 Å². The summed E-state index contributed by atoms with van der Waals surface area (Å²) in [5.41, 5.74) is 1.48. The molecule has 0 unspecified atom stereocenters. The summed E-state index contributed by atoms with van der Waals surface area (Å²) in [7, 11) is 0. The smallest absolute Gasteiger partial charge is 0.344 e. The molecule has 0 fully saturated rings. The summed E-state index contributed by atoms with van der Waals surface area (Å²) in [6, 6.07) is 12.2. The number of nitrogens with one attached hydrogen (secondary N) is 1. The molecule has 0 aliphatic carbocycles. The standard InChI is InChI=1S/C20H19N3O4/c1-2-26-19(24)14-27-18-7-5-15(6-8-18)10-17(11-21)20(25)23-13-16-4-3-9-22-12-16/h3-10,12H,2,13-14H2,1H3,(H,23,25)/b17-10+. The second kappa shape index (κ2) is 10.4. The van der Waals surface area contributed by atoms with Gasteiger partial charge in [0.05, 0.1) is 6.61 Å². The Morgan fingerprint density at radius 3 is 2.67 bits per heavy atom. The molecule has 7 heteroatoms. The maximum atomic E-state index is 12.2. The normalized spacial score (nSPS) is 10.6. The number of amides is 1. The van der Waals surface area contributed by atoms with E-state index in [1.807, 2.05) is 12.1 Å². The van der Waals surface area contributed by atoms with Crippen molar-refractivity contribution in [1.82, 2.24) is 10.3 Å². The van der Waals surface area contributed by atoms with Crippen LogP contribution in [0.5, 0.6) is 5.75 Å². The van der Waals surface area contributed by atoms with Gasteiger partial charge in [0, 0.05) is 18.9 Å². The minimum atomic E-state index is -0.469. The lowest BCUT2D eigenvalue weighted by Crippen LogP contribution is -2.24. The largest absolute Gasteiger partial charge is 0.482 e. The van der Waals surface area contributed by atoms with Crippen LogP contribution in [0.3, 0.4) is 0 Å². The van der Waals surface area contributed by atoms with Crippen LogP contribution in [-0.2, 0) is 20.9 Å². The fourth-order valence-electron chi connectivity index (χ4n) is 2.10. The molecule has 0 radical (unpaired) electrons. The first-order valence-corrected chi connectivity index (χ1v) is 8.29. The third-order valence-electron chi connectivity index (χ3n) is 3.39. The Bertz CT molecular complexity index is 840. The van der Waals surface area contributed by atoms with Gasteiger partial charge in [0.15, 0.2) is 6.61 Å². The summed E-state index contributed by atoms with van der Waals surface area (Å²) in [4.78, 5) is 27.4. The number of esters is 1. The van der Waals surface area contributed by atoms with E-state index in [-0.39, 0.29) is 18.7 Å². The third-order valence-corrected chi connectivity index (χ3v) is 3.39. The van der Waals surface area contributed by atoms with Gasteiger partial charge in [-0.1, -0.05) is 18.2 Å². The van der Waals surface area contributed by atoms with Gasteiger partial charge in [0.25, 0.3) is 5.91 Å². The van der Waals surface area contributed by atoms with Gasteiger partial charge < -0.3 is 14.8 Å². The molecule has 27 heavy (non-hydrogen) atoms. The second-order valence-electron chi connectivity index (χ2n) is 5.38. The van der Waals surface area contributed by atoms with Crippen molar-refractivity contribution in [2.75, 3.05) is 13.2 Å². The fourth-order valence-corrected chi connectivity index (χ4v) is 2.10. The zero-order chi connectivity index (χ0) is 19.5. The van der Waals surface area contributed by atoms with Crippen LogP contribution in [0.1, 0.15) is 18.1 Å². The molecule has 0 atom stereocenters. The van der Waals surface area contributed by atoms with Crippen LogP contribution in [0.25, 0.3) is 6.08 Å². The molecule has 1 aromatic heterocycles. The van der Waals surface area contributed by atoms with Gasteiger partial charge in [-0.2, -0.15) is 5.26 Å². The first-order chi connectivity index (χ1) is 13.1. The molecular formula is C20H19N3O4. The second-order valence-corrected chi connectivity index (χ2v) is 5.38. The Balaban J connectivity index is 1.95. The van der Waals surface area contributed by atoms with Crippen LogP contribution in [0, 0.1) is 11.3 Å². The molecule has 1 heterocycles. The van der Waals surface area contributed by atoms with Crippen molar-refractivity contribution in [2.45, 2.75) is 13.5 Å². The van der Waals surface area contributed by atoms with Gasteiger partial charge in [0.1, 0.15) is 17.4 Å². The minimum Gasteiger partial charge on any atom is -0.482 e. The number of carbonyl (C=O) groups is 2. The summed E-state index contributed by atoms with van der Waals surface area (Å²) in [6.07, 6.45) is 4.77. The van der Waals surface area contributed by atoms with Crippen molar-refractivity contribution in [3.05, 3.63) is 65.5 Å². The molecule has 7 nitrogen and oxygen atoms in total. The highest BCUT2D eigenvalue weighted by molar-refractivity contribution is 6.01. The quantitative estimate of drug-likeness (QED) is 0.437. The van der Waals surface area contributed by atoms with E-state index in [0.29, 0.717) is 17.9 Å². The predicted molar refractivity (Wildman–Crippen MR) is 98.2 cm³/mol. The van der Waals surface area contributed by atoms with Crippen molar-refractivity contribution in [3.63, 3.8) is 0 Å². The topological polar surface area (TPSA) is 101 Å². The SMILES string of the molecule is CCOC(=O)COc1ccc(/C=C(\C#N)C(=O)NCc2cccnc2)cc1. The number of ether oxygens (including phenoxy) is 2. The minimum absolute atomic E-state index is 0.0147. The number of hydrogen-bond donors (Lipinski definition) is 1. The van der Waals surface area contributed by atoms with Crippen molar-refractivity contribution < 1.29 is 19.1 Å². The maximum absolute atomic E-state index is 12.2. The average molecular weight is 365 g/mol. The van der Waals surface area contributed by atoms with Crippen molar-refractivity contribution in [2.24, 2.45) is 0 Å². The number of aromatic nitrogens is 1. The van der Waals surface area contributed by atoms with E-state index < -0.39 is 11.9 Å². The fraction of sp³-hybridized carbons (Fsp3) is 0.200. The summed E-state index contributed by atoms with van der Waals surface area (Å²) in [5, 5.41) is 11.9. The van der Waals surface area contributed by atoms with Crippen molar-refractivity contribution in [3.8, 4) is 11.8 Å². The van der Waals surface area contributed by atoms with E-state index in [4.69, 9.17) is 9.47 Å². The third kappa shape index (κ3) is 6.63. The number of benzene rings is 1. The van der Waals surface area contributed by atoms with Gasteiger partial charge >= 0.3 is 5.97 Å². The van der Waals surface area contributed by atoms with Gasteiger partial charge in [-0.25, -0.2) is 4.79 Å². The van der Waals surface area contributed by atoms with Crippen molar-refractivity contribution in [1.29, 1.82) is 5.26 Å². The molecule has 2 aromatic rings. The van der Waals surface area contributed by atoms with Crippen LogP contribution in [-0.4, -0.2) is 30.1 Å². The molecule has 0 saturated heterocycles. The molecule has 0 aliphatic heterocycles. The van der Waals surface area contributed by atoms with Crippen LogP contribution < -0.4 is 10.1 Å². The predicted octanol–water partition coefficient (Wildman–Crippen LogP) is 2.25. The Hall–Kier alpha value is -3.66. The van der Waals surface area contributed by atoms with Crippen molar-refractivity contribution >= 4 is 18.0 Å². The van der Waals surface area contributed by atoms with E-state index in [2.05, 4.69) is 10.3 Å². The van der Waals surface area contributed by atoms with E-state index in [9.17, 15) is 14.9 Å². The zero-order valence-electron chi connectivity index (χ0n) is 14.8. The molecule has 1 N–H and O–H groups in total. The van der Waals surface area contributed by atoms with Gasteiger partial charge in [-0.15, -0.1) is 0 Å². The van der Waals surface area contributed by atoms with E-state index in [0.717, 1.165) is 5.56 Å². The summed E-state index contributed by atoms with van der Waals surface area (Å²) in [6.45, 7) is 2.12. The highest BCUT2D eigenvalue weighted by Crippen LogP contribution is 2.15. The molecular weight excluding hydrogens is 346 g/mol. The van der Waals surface area contributed by atoms with E-state index >= 15 is 0 Å². The highest BCUT2D eigenvalue weighted by Gasteiger charge is 2.09. The lowest BCUT2D eigenvalue weighted by Gasteiger charge is -2.06. The number of pyridine rings is 1. The average Bonchev–Trinajstić information content (AvgIpc) is 2.70. The first kappa shape index (κ1) is 19.7. The van der Waals surface area contributed by atoms with Gasteiger partial charge in [-0.05, 0) is 42.3 Å². The molecule has 0 spiro atoms. The molecule has 1 aromatic carbocycles. The summed E-state index contributed by atoms with van der Waals surface area (Å²) >= 11 is 0. The highest BCUT2D eigenvalue weighted by atomic mass is 16.6. The lowest BCUT2D eigenvalue weighted by molar-refractivity contribution is -0.145. The molecule has 0 bridgehead atoms. The number of hydrogen-bond acceptors (Lipinski definition) is 6. The Morgan fingerprint density at radius 2 is 2.04 bits per heavy atom. The van der Waals surface area contributed by atoms with Gasteiger partial charge in [-0.3, -0.25) is 9.78 Å². The number of rotatable bonds is 8. The molecule has 0 aliphatic rings. The monoisotopic (exact) mass is 365 g/mol. The molecule has 138 valence electrons. The Morgan fingerprint density at radius 1 is 1.26 bits per heavy atom. The maximum Gasteiger partial charge on any atom is 0.344 e. The van der Waals surface area contributed by atoms with E-state index in [1.54, 1.807) is 49.6 Å². The molecule has 1 amide bonds. The van der Waals surface area contributed by atoms with E-state index in [1.165, 1.54) is 6.08 Å². The van der Waals surface area contributed by atoms with Gasteiger partial charge in [0.2, 0.25) is 0 Å². The first-order valence-electron chi connectivity index (χ1n) is 8.29. The zero-order valence-corrected chi connectivity index (χ0v) is 14.8. The number of nitrogens with zero attached hydrogens (tertiary/aromatic N) is 2. The van der Waals surface area contributed by atoms with Crippen LogP contribution >= 0.6 is 0 Å². The summed E-state index contributed by atoms with van der Waals surface area (Å²) in [5.74, 6) is -0.428. The molecule has 0 saturated carbocycles. The summed E-state index contributed by atoms with van der Waals surface area (Å²) < 4.78 is 10.1. The number of carbonyl (C=O) groups excluding carboxylic acids is 2.